The number of rotatable bonds is 7. The Bertz CT molecular complexity index is 687. The minimum Gasteiger partial charge on any atom is -0.483 e. The summed E-state index contributed by atoms with van der Waals surface area (Å²) in [4.78, 5) is 38.7. The standard InChI is InChI=1S/C20H28N2O5/c1-14-11-16(20(26)21(3)10-7-18(24)25)12-15(2)19(14)27-13-17(23)22-8-5-4-6-9-22/h11-12H,4-10,13H2,1-3H3,(H,24,25). The van der Waals surface area contributed by atoms with Crippen LogP contribution < -0.4 is 4.74 Å². The van der Waals surface area contributed by atoms with Crippen LogP contribution in [-0.2, 0) is 9.59 Å². The lowest BCUT2D eigenvalue weighted by Gasteiger charge is -2.27. The van der Waals surface area contributed by atoms with E-state index < -0.39 is 5.97 Å². The number of carboxylic acids is 1. The molecule has 2 rings (SSSR count). The van der Waals surface area contributed by atoms with Gasteiger partial charge in [0.1, 0.15) is 5.75 Å². The van der Waals surface area contributed by atoms with Gasteiger partial charge in [0.05, 0.1) is 6.42 Å². The molecule has 0 aromatic heterocycles. The average Bonchev–Trinajstić information content (AvgIpc) is 2.65. The number of carboxylic acid groups (broad SMARTS) is 1. The van der Waals surface area contributed by atoms with E-state index >= 15 is 0 Å². The molecule has 1 aliphatic rings. The minimum atomic E-state index is -0.941. The van der Waals surface area contributed by atoms with Gasteiger partial charge in [-0.05, 0) is 56.4 Å². The van der Waals surface area contributed by atoms with E-state index in [1.54, 1.807) is 19.2 Å². The van der Waals surface area contributed by atoms with Crippen molar-refractivity contribution in [1.82, 2.24) is 9.80 Å². The first-order valence-electron chi connectivity index (χ1n) is 9.28. The van der Waals surface area contributed by atoms with Crippen molar-refractivity contribution >= 4 is 17.8 Å². The number of hydrogen-bond donors (Lipinski definition) is 1. The maximum absolute atomic E-state index is 12.5. The van der Waals surface area contributed by atoms with Crippen LogP contribution in [0.25, 0.3) is 0 Å². The summed E-state index contributed by atoms with van der Waals surface area (Å²) in [6.07, 6.45) is 3.14. The highest BCUT2D eigenvalue weighted by atomic mass is 16.5. The topological polar surface area (TPSA) is 87.1 Å². The van der Waals surface area contributed by atoms with Crippen molar-refractivity contribution in [1.29, 1.82) is 0 Å². The quantitative estimate of drug-likeness (QED) is 0.789. The lowest BCUT2D eigenvalue weighted by molar-refractivity contribution is -0.137. The third-order valence-electron chi connectivity index (χ3n) is 4.76. The molecule has 0 atom stereocenters. The number of nitrogens with zero attached hydrogens (tertiary/aromatic N) is 2. The van der Waals surface area contributed by atoms with Gasteiger partial charge in [0.25, 0.3) is 11.8 Å². The molecule has 1 heterocycles. The van der Waals surface area contributed by atoms with Gasteiger partial charge in [0.2, 0.25) is 0 Å². The highest BCUT2D eigenvalue weighted by Gasteiger charge is 2.19. The highest BCUT2D eigenvalue weighted by Crippen LogP contribution is 2.25. The van der Waals surface area contributed by atoms with Crippen molar-refractivity contribution in [2.75, 3.05) is 33.3 Å². The molecule has 1 aromatic rings. The van der Waals surface area contributed by atoms with Crippen molar-refractivity contribution in [2.45, 2.75) is 39.5 Å². The van der Waals surface area contributed by atoms with Gasteiger partial charge < -0.3 is 19.6 Å². The summed E-state index contributed by atoms with van der Waals surface area (Å²) in [5.74, 6) is -0.574. The molecular weight excluding hydrogens is 348 g/mol. The van der Waals surface area contributed by atoms with E-state index in [0.717, 1.165) is 37.1 Å². The number of aliphatic carboxylic acids is 1. The van der Waals surface area contributed by atoms with Gasteiger partial charge in [-0.1, -0.05) is 0 Å². The largest absolute Gasteiger partial charge is 0.483 e. The molecule has 0 spiro atoms. The number of ether oxygens (including phenoxy) is 1. The van der Waals surface area contributed by atoms with Gasteiger partial charge in [-0.25, -0.2) is 0 Å². The molecule has 0 saturated carbocycles. The minimum absolute atomic E-state index is 0.00646. The third kappa shape index (κ3) is 5.70. The van der Waals surface area contributed by atoms with Gasteiger partial charge in [-0.15, -0.1) is 0 Å². The number of carbonyl (C=O) groups is 3. The molecule has 1 fully saturated rings. The summed E-state index contributed by atoms with van der Waals surface area (Å²) in [5, 5.41) is 8.75. The van der Waals surface area contributed by atoms with E-state index in [4.69, 9.17) is 9.84 Å². The first kappa shape index (κ1) is 20.7. The zero-order valence-corrected chi connectivity index (χ0v) is 16.3. The second-order valence-electron chi connectivity index (χ2n) is 7.04. The number of likely N-dealkylation sites (tertiary alicyclic amines) is 1. The highest BCUT2D eigenvalue weighted by molar-refractivity contribution is 5.95. The van der Waals surface area contributed by atoms with E-state index in [2.05, 4.69) is 0 Å². The van der Waals surface area contributed by atoms with Crippen LogP contribution in [-0.4, -0.2) is 66.0 Å². The molecular formula is C20H28N2O5. The molecule has 148 valence electrons. The zero-order chi connectivity index (χ0) is 20.0. The van der Waals surface area contributed by atoms with Gasteiger partial charge in [0.15, 0.2) is 6.61 Å². The second-order valence-corrected chi connectivity index (χ2v) is 7.04. The fraction of sp³-hybridized carbons (Fsp3) is 0.550. The molecule has 1 aromatic carbocycles. The van der Waals surface area contributed by atoms with Gasteiger partial charge >= 0.3 is 5.97 Å². The predicted octanol–water partition coefficient (Wildman–Crippen LogP) is 2.24. The van der Waals surface area contributed by atoms with Crippen LogP contribution in [0.3, 0.4) is 0 Å². The molecule has 0 unspecified atom stereocenters. The van der Waals surface area contributed by atoms with E-state index in [1.165, 1.54) is 11.3 Å². The SMILES string of the molecule is Cc1cc(C(=O)N(C)CCC(=O)O)cc(C)c1OCC(=O)N1CCCCC1. The molecule has 0 aliphatic carbocycles. The van der Waals surface area contributed by atoms with Gasteiger partial charge in [0, 0.05) is 32.2 Å². The summed E-state index contributed by atoms with van der Waals surface area (Å²) in [7, 11) is 1.58. The Morgan fingerprint density at radius 2 is 1.70 bits per heavy atom. The van der Waals surface area contributed by atoms with Crippen molar-refractivity contribution in [2.24, 2.45) is 0 Å². The Labute approximate surface area is 159 Å². The van der Waals surface area contributed by atoms with Crippen LogP contribution in [0.1, 0.15) is 47.2 Å². The molecule has 0 bridgehead atoms. The lowest BCUT2D eigenvalue weighted by Crippen LogP contribution is -2.38. The molecule has 2 amide bonds. The van der Waals surface area contributed by atoms with Crippen molar-refractivity contribution in [3.05, 3.63) is 28.8 Å². The molecule has 1 saturated heterocycles. The summed E-state index contributed by atoms with van der Waals surface area (Å²) in [6, 6.07) is 3.43. The van der Waals surface area contributed by atoms with Gasteiger partial charge in [-0.3, -0.25) is 14.4 Å². The Hall–Kier alpha value is -2.57. The fourth-order valence-corrected chi connectivity index (χ4v) is 3.26. The first-order chi connectivity index (χ1) is 12.8. The second kappa shape index (κ2) is 9.39. The number of piperidine rings is 1. The maximum Gasteiger partial charge on any atom is 0.305 e. The Morgan fingerprint density at radius 3 is 2.26 bits per heavy atom. The van der Waals surface area contributed by atoms with Crippen molar-refractivity contribution in [3.8, 4) is 5.75 Å². The summed E-state index contributed by atoms with van der Waals surface area (Å²) in [6.45, 7) is 5.39. The zero-order valence-electron chi connectivity index (χ0n) is 16.3. The number of aryl methyl sites for hydroxylation is 2. The average molecular weight is 376 g/mol. The molecule has 27 heavy (non-hydrogen) atoms. The Kier molecular flexibility index (Phi) is 7.21. The summed E-state index contributed by atoms with van der Waals surface area (Å²) in [5.41, 5.74) is 2.03. The van der Waals surface area contributed by atoms with Crippen LogP contribution in [0.15, 0.2) is 12.1 Å². The van der Waals surface area contributed by atoms with Crippen LogP contribution in [0, 0.1) is 13.8 Å². The van der Waals surface area contributed by atoms with Gasteiger partial charge in [-0.2, -0.15) is 0 Å². The Morgan fingerprint density at radius 1 is 1.11 bits per heavy atom. The molecule has 7 heteroatoms. The third-order valence-corrected chi connectivity index (χ3v) is 4.76. The van der Waals surface area contributed by atoms with E-state index in [-0.39, 0.29) is 31.4 Å². The van der Waals surface area contributed by atoms with Crippen LogP contribution in [0.4, 0.5) is 0 Å². The number of hydrogen-bond acceptors (Lipinski definition) is 4. The smallest absolute Gasteiger partial charge is 0.305 e. The van der Waals surface area contributed by atoms with E-state index in [9.17, 15) is 14.4 Å². The summed E-state index contributed by atoms with van der Waals surface area (Å²) >= 11 is 0. The molecule has 0 radical (unpaired) electrons. The van der Waals surface area contributed by atoms with Crippen LogP contribution in [0.2, 0.25) is 0 Å². The van der Waals surface area contributed by atoms with E-state index in [0.29, 0.717) is 11.3 Å². The fourth-order valence-electron chi connectivity index (χ4n) is 3.26. The monoisotopic (exact) mass is 376 g/mol. The molecule has 7 nitrogen and oxygen atoms in total. The van der Waals surface area contributed by atoms with Crippen LogP contribution in [0.5, 0.6) is 5.75 Å². The molecule has 1 N–H and O–H groups in total. The summed E-state index contributed by atoms with van der Waals surface area (Å²) < 4.78 is 5.76. The molecule has 1 aliphatic heterocycles. The number of benzene rings is 1. The van der Waals surface area contributed by atoms with Crippen molar-refractivity contribution < 1.29 is 24.2 Å². The number of amides is 2. The van der Waals surface area contributed by atoms with Crippen LogP contribution >= 0.6 is 0 Å². The maximum atomic E-state index is 12.5. The Balaban J connectivity index is 2.02. The van der Waals surface area contributed by atoms with E-state index in [1.807, 2.05) is 18.7 Å². The lowest BCUT2D eigenvalue weighted by atomic mass is 10.0. The predicted molar refractivity (Wildman–Crippen MR) is 101 cm³/mol. The first-order valence-corrected chi connectivity index (χ1v) is 9.28. The van der Waals surface area contributed by atoms with Crippen molar-refractivity contribution in [3.63, 3.8) is 0 Å². The number of carbonyl (C=O) groups excluding carboxylic acids is 2. The normalized spacial score (nSPS) is 14.0.